The maximum Gasteiger partial charge on any atom is 0.253 e. The van der Waals surface area contributed by atoms with Crippen LogP contribution >= 0.6 is 0 Å². The summed E-state index contributed by atoms with van der Waals surface area (Å²) in [5.74, 6) is 0.517. The summed E-state index contributed by atoms with van der Waals surface area (Å²) in [6.07, 6.45) is 5.57. The molecule has 0 spiro atoms. The van der Waals surface area contributed by atoms with Crippen LogP contribution in [0.2, 0.25) is 0 Å². The molecule has 5 heteroatoms. The molecular formula is C28H24N2O3. The number of methoxy groups -OCH3 is 1. The van der Waals surface area contributed by atoms with Crippen LogP contribution in [-0.2, 0) is 6.54 Å². The predicted octanol–water partition coefficient (Wildman–Crippen LogP) is 5.56. The molecule has 1 aromatic heterocycles. The van der Waals surface area contributed by atoms with E-state index in [9.17, 15) is 9.90 Å². The van der Waals surface area contributed by atoms with Crippen LogP contribution in [0.25, 0.3) is 23.3 Å². The lowest BCUT2D eigenvalue weighted by atomic mass is 9.94. The smallest absolute Gasteiger partial charge is 0.253 e. The summed E-state index contributed by atoms with van der Waals surface area (Å²) >= 11 is 0. The van der Waals surface area contributed by atoms with Gasteiger partial charge in [0.15, 0.2) is 0 Å². The molecule has 0 saturated carbocycles. The van der Waals surface area contributed by atoms with E-state index in [2.05, 4.69) is 34.6 Å². The van der Waals surface area contributed by atoms with Crippen molar-refractivity contribution in [3.8, 4) is 22.8 Å². The van der Waals surface area contributed by atoms with Gasteiger partial charge >= 0.3 is 0 Å². The lowest BCUT2D eigenvalue weighted by Crippen LogP contribution is -2.23. The molecule has 33 heavy (non-hydrogen) atoms. The third-order valence-corrected chi connectivity index (χ3v) is 5.26. The van der Waals surface area contributed by atoms with Crippen LogP contribution in [0.3, 0.4) is 0 Å². The van der Waals surface area contributed by atoms with E-state index in [0.717, 1.165) is 27.8 Å². The zero-order chi connectivity index (χ0) is 23.0. The number of phenols is 1. The van der Waals surface area contributed by atoms with Crippen LogP contribution in [0, 0.1) is 0 Å². The van der Waals surface area contributed by atoms with Gasteiger partial charge in [0.1, 0.15) is 5.75 Å². The summed E-state index contributed by atoms with van der Waals surface area (Å²) in [6.45, 7) is 0.386. The second-order valence-electron chi connectivity index (χ2n) is 7.44. The number of carbonyl (C=O) groups excluding carboxylic acids is 1. The maximum atomic E-state index is 12.6. The molecule has 0 aliphatic carbocycles. The van der Waals surface area contributed by atoms with Crippen molar-refractivity contribution in [1.29, 1.82) is 0 Å². The van der Waals surface area contributed by atoms with Crippen molar-refractivity contribution in [1.82, 2.24) is 10.3 Å². The van der Waals surface area contributed by atoms with E-state index in [0.29, 0.717) is 18.0 Å². The lowest BCUT2D eigenvalue weighted by molar-refractivity contribution is 0.0950. The number of hydrogen-bond donors (Lipinski definition) is 2. The van der Waals surface area contributed by atoms with Gasteiger partial charge in [-0.05, 0) is 46.0 Å². The normalized spacial score (nSPS) is 10.8. The number of hydrogen-bond acceptors (Lipinski definition) is 4. The number of aromatic hydroxyl groups is 1. The van der Waals surface area contributed by atoms with Crippen molar-refractivity contribution in [2.75, 3.05) is 7.11 Å². The molecule has 1 heterocycles. The fourth-order valence-corrected chi connectivity index (χ4v) is 3.51. The van der Waals surface area contributed by atoms with Gasteiger partial charge in [-0.15, -0.1) is 0 Å². The van der Waals surface area contributed by atoms with Crippen LogP contribution < -0.4 is 10.1 Å². The molecule has 0 aliphatic heterocycles. The van der Waals surface area contributed by atoms with E-state index >= 15 is 0 Å². The molecule has 0 unspecified atom stereocenters. The lowest BCUT2D eigenvalue weighted by Gasteiger charge is -2.13. The Balaban J connectivity index is 1.56. The Bertz CT molecular complexity index is 1260. The largest absolute Gasteiger partial charge is 0.508 e. The fraction of sp³-hybridized carbons (Fsp3) is 0.0714. The third-order valence-electron chi connectivity index (χ3n) is 5.26. The number of aromatic nitrogens is 1. The van der Waals surface area contributed by atoms with Crippen LogP contribution in [0.4, 0.5) is 0 Å². The highest BCUT2D eigenvalue weighted by Crippen LogP contribution is 2.29. The first-order valence-electron chi connectivity index (χ1n) is 10.6. The van der Waals surface area contributed by atoms with Gasteiger partial charge < -0.3 is 15.2 Å². The number of pyridine rings is 1. The number of nitrogens with zero attached hydrogens (tertiary/aromatic N) is 1. The Kier molecular flexibility index (Phi) is 6.81. The second kappa shape index (κ2) is 10.3. The molecule has 0 aliphatic rings. The van der Waals surface area contributed by atoms with E-state index in [4.69, 9.17) is 4.74 Å². The summed E-state index contributed by atoms with van der Waals surface area (Å²) in [4.78, 5) is 16.7. The highest BCUT2D eigenvalue weighted by molar-refractivity contribution is 5.94. The van der Waals surface area contributed by atoms with E-state index in [1.807, 2.05) is 48.5 Å². The minimum absolute atomic E-state index is 0.194. The van der Waals surface area contributed by atoms with Gasteiger partial charge in [0.05, 0.1) is 12.7 Å². The number of ether oxygens (including phenoxy) is 1. The monoisotopic (exact) mass is 436 g/mol. The average molecular weight is 437 g/mol. The number of benzene rings is 3. The van der Waals surface area contributed by atoms with E-state index in [-0.39, 0.29) is 11.7 Å². The van der Waals surface area contributed by atoms with Crippen molar-refractivity contribution in [3.63, 3.8) is 0 Å². The summed E-state index contributed by atoms with van der Waals surface area (Å²) < 4.78 is 5.05. The Morgan fingerprint density at radius 1 is 0.909 bits per heavy atom. The fourth-order valence-electron chi connectivity index (χ4n) is 3.51. The van der Waals surface area contributed by atoms with Gasteiger partial charge in [0.25, 0.3) is 5.91 Å². The molecule has 3 aromatic carbocycles. The number of phenolic OH excluding ortho intramolecular Hbond substituents is 1. The number of carbonyl (C=O) groups is 1. The summed E-state index contributed by atoms with van der Waals surface area (Å²) in [7, 11) is 1.54. The first-order chi connectivity index (χ1) is 16.1. The molecule has 0 radical (unpaired) electrons. The van der Waals surface area contributed by atoms with Gasteiger partial charge in [-0.3, -0.25) is 4.79 Å². The topological polar surface area (TPSA) is 71.5 Å². The van der Waals surface area contributed by atoms with Gasteiger partial charge in [0, 0.05) is 18.8 Å². The highest BCUT2D eigenvalue weighted by Gasteiger charge is 2.11. The van der Waals surface area contributed by atoms with Crippen LogP contribution in [-0.4, -0.2) is 23.1 Å². The standard InChI is InChI=1S/C28H24N2O3/c1-33-27-17-14-23(19-29-27)28(32)30-18-22-7-3-5-9-26(22)25-8-4-2-6-21(25)13-10-20-11-15-24(31)16-12-20/h2-17,19,31H,18H2,1H3,(H,30,32)/b13-10+. The first-order valence-corrected chi connectivity index (χ1v) is 10.6. The molecule has 0 fully saturated rings. The Hall–Kier alpha value is -4.38. The van der Waals surface area contributed by atoms with Gasteiger partial charge in [-0.2, -0.15) is 0 Å². The quantitative estimate of drug-likeness (QED) is 0.372. The molecule has 5 nitrogen and oxygen atoms in total. The SMILES string of the molecule is COc1ccc(C(=O)NCc2ccccc2-c2ccccc2/C=C/c2ccc(O)cc2)cn1. The highest BCUT2D eigenvalue weighted by atomic mass is 16.5. The Morgan fingerprint density at radius 2 is 1.64 bits per heavy atom. The predicted molar refractivity (Wildman–Crippen MR) is 131 cm³/mol. The second-order valence-corrected chi connectivity index (χ2v) is 7.44. The Labute approximate surface area is 193 Å². The summed E-state index contributed by atoms with van der Waals surface area (Å²) in [5.41, 5.74) is 5.67. The minimum atomic E-state index is -0.194. The minimum Gasteiger partial charge on any atom is -0.508 e. The third kappa shape index (κ3) is 5.46. The first kappa shape index (κ1) is 21.8. The molecule has 1 amide bonds. The molecule has 2 N–H and O–H groups in total. The summed E-state index contributed by atoms with van der Waals surface area (Å²) in [5, 5.41) is 12.5. The number of rotatable bonds is 7. The zero-order valence-corrected chi connectivity index (χ0v) is 18.2. The van der Waals surface area contributed by atoms with E-state index in [1.54, 1.807) is 24.3 Å². The molecule has 0 atom stereocenters. The van der Waals surface area contributed by atoms with Crippen molar-refractivity contribution in [2.45, 2.75) is 6.54 Å². The van der Waals surface area contributed by atoms with Gasteiger partial charge in [-0.25, -0.2) is 4.98 Å². The van der Waals surface area contributed by atoms with Gasteiger partial charge in [-0.1, -0.05) is 72.8 Å². The summed E-state index contributed by atoms with van der Waals surface area (Å²) in [6, 6.07) is 26.6. The molecular weight excluding hydrogens is 412 g/mol. The molecule has 164 valence electrons. The molecule has 4 aromatic rings. The van der Waals surface area contributed by atoms with Crippen molar-refractivity contribution >= 4 is 18.1 Å². The maximum absolute atomic E-state index is 12.6. The van der Waals surface area contributed by atoms with E-state index in [1.165, 1.54) is 13.3 Å². The zero-order valence-electron chi connectivity index (χ0n) is 18.2. The molecule has 0 bridgehead atoms. The van der Waals surface area contributed by atoms with Crippen molar-refractivity contribution < 1.29 is 14.6 Å². The van der Waals surface area contributed by atoms with Crippen molar-refractivity contribution in [3.05, 3.63) is 113 Å². The van der Waals surface area contributed by atoms with Crippen LogP contribution in [0.15, 0.2) is 91.1 Å². The number of nitrogens with one attached hydrogen (secondary N) is 1. The molecule has 4 rings (SSSR count). The van der Waals surface area contributed by atoms with Gasteiger partial charge in [0.2, 0.25) is 5.88 Å². The van der Waals surface area contributed by atoms with Crippen molar-refractivity contribution in [2.24, 2.45) is 0 Å². The number of amides is 1. The van der Waals surface area contributed by atoms with Crippen LogP contribution in [0.1, 0.15) is 27.0 Å². The van der Waals surface area contributed by atoms with Crippen LogP contribution in [0.5, 0.6) is 11.6 Å². The average Bonchev–Trinajstić information content (AvgIpc) is 2.87. The van der Waals surface area contributed by atoms with E-state index < -0.39 is 0 Å². The Morgan fingerprint density at radius 3 is 2.36 bits per heavy atom. The molecule has 0 saturated heterocycles.